The van der Waals surface area contributed by atoms with Crippen LogP contribution in [0, 0.1) is 6.92 Å². The Bertz CT molecular complexity index is 906. The van der Waals surface area contributed by atoms with Crippen molar-refractivity contribution in [3.05, 3.63) is 77.4 Å². The van der Waals surface area contributed by atoms with E-state index >= 15 is 0 Å². The van der Waals surface area contributed by atoms with Crippen LogP contribution in [0.1, 0.15) is 49.8 Å². The number of benzene rings is 3. The summed E-state index contributed by atoms with van der Waals surface area (Å²) in [6.45, 7) is 6.75. The third-order valence-electron chi connectivity index (χ3n) is 5.64. The molecule has 0 spiro atoms. The van der Waals surface area contributed by atoms with E-state index in [0.717, 1.165) is 12.1 Å². The standard InChI is InChI=1S/C27H33N/c1-5-7-8-9-21-10-16-27(22(6-2)19-21)24-13-17-26(20(3)18-24)23-11-14-25(28-4)15-12-23/h10-19,28H,5-9H2,1-4H3. The first-order valence-corrected chi connectivity index (χ1v) is 10.7. The lowest BCUT2D eigenvalue weighted by atomic mass is 9.91. The average molecular weight is 372 g/mol. The zero-order chi connectivity index (χ0) is 19.9. The van der Waals surface area contributed by atoms with Gasteiger partial charge in [-0.1, -0.05) is 75.2 Å². The van der Waals surface area contributed by atoms with Crippen molar-refractivity contribution in [1.29, 1.82) is 0 Å². The highest BCUT2D eigenvalue weighted by Gasteiger charge is 2.09. The van der Waals surface area contributed by atoms with Gasteiger partial charge in [-0.05, 0) is 77.3 Å². The van der Waals surface area contributed by atoms with E-state index < -0.39 is 0 Å². The minimum atomic E-state index is 1.07. The summed E-state index contributed by atoms with van der Waals surface area (Å²) in [5.41, 5.74) is 10.7. The van der Waals surface area contributed by atoms with Crippen LogP contribution in [0.15, 0.2) is 60.7 Å². The van der Waals surface area contributed by atoms with Crippen LogP contribution >= 0.6 is 0 Å². The highest BCUT2D eigenvalue weighted by molar-refractivity contribution is 5.76. The molecule has 0 amide bonds. The van der Waals surface area contributed by atoms with Crippen molar-refractivity contribution in [3.8, 4) is 22.3 Å². The molecule has 0 heterocycles. The van der Waals surface area contributed by atoms with Gasteiger partial charge in [-0.2, -0.15) is 0 Å². The fraction of sp³-hybridized carbons (Fsp3) is 0.333. The molecule has 146 valence electrons. The van der Waals surface area contributed by atoms with Crippen LogP contribution in [-0.2, 0) is 12.8 Å². The third kappa shape index (κ3) is 4.65. The van der Waals surface area contributed by atoms with Crippen molar-refractivity contribution in [2.24, 2.45) is 0 Å². The van der Waals surface area contributed by atoms with Crippen molar-refractivity contribution in [1.82, 2.24) is 0 Å². The number of nitrogens with one attached hydrogen (secondary N) is 1. The van der Waals surface area contributed by atoms with E-state index in [1.165, 1.54) is 64.6 Å². The Balaban J connectivity index is 1.88. The molecule has 0 radical (unpaired) electrons. The van der Waals surface area contributed by atoms with Gasteiger partial charge in [0.2, 0.25) is 0 Å². The fourth-order valence-electron chi connectivity index (χ4n) is 3.93. The Kier molecular flexibility index (Phi) is 6.92. The summed E-state index contributed by atoms with van der Waals surface area (Å²) in [5, 5.41) is 3.18. The van der Waals surface area contributed by atoms with Crippen LogP contribution in [0.5, 0.6) is 0 Å². The molecular formula is C27H33N. The van der Waals surface area contributed by atoms with Crippen molar-refractivity contribution >= 4 is 5.69 Å². The van der Waals surface area contributed by atoms with Gasteiger partial charge in [-0.15, -0.1) is 0 Å². The number of hydrogen-bond acceptors (Lipinski definition) is 1. The molecule has 0 aliphatic carbocycles. The molecule has 1 heteroatoms. The molecule has 28 heavy (non-hydrogen) atoms. The molecule has 3 aromatic rings. The van der Waals surface area contributed by atoms with Crippen LogP contribution < -0.4 is 5.32 Å². The van der Waals surface area contributed by atoms with Crippen LogP contribution in [0.2, 0.25) is 0 Å². The Labute approximate surface area is 170 Å². The predicted octanol–water partition coefficient (Wildman–Crippen LogP) is 7.67. The summed E-state index contributed by atoms with van der Waals surface area (Å²) >= 11 is 0. The molecule has 1 nitrogen and oxygen atoms in total. The van der Waals surface area contributed by atoms with Gasteiger partial charge in [-0.3, -0.25) is 0 Å². The minimum absolute atomic E-state index is 1.07. The SMILES string of the molecule is CCCCCc1ccc(-c2ccc(-c3ccc(NC)cc3)c(C)c2)c(CC)c1. The first kappa shape index (κ1) is 20.2. The maximum absolute atomic E-state index is 3.18. The van der Waals surface area contributed by atoms with Crippen molar-refractivity contribution in [2.45, 2.75) is 52.9 Å². The normalized spacial score (nSPS) is 10.9. The number of aryl methyl sites for hydroxylation is 3. The molecule has 3 aromatic carbocycles. The molecule has 0 bridgehead atoms. The van der Waals surface area contributed by atoms with Gasteiger partial charge in [0.15, 0.2) is 0 Å². The average Bonchev–Trinajstić information content (AvgIpc) is 2.74. The van der Waals surface area contributed by atoms with Gasteiger partial charge < -0.3 is 5.32 Å². The van der Waals surface area contributed by atoms with E-state index in [1.54, 1.807) is 0 Å². The molecule has 1 N–H and O–H groups in total. The summed E-state index contributed by atoms with van der Waals surface area (Å²) in [5.74, 6) is 0. The monoisotopic (exact) mass is 371 g/mol. The van der Waals surface area contributed by atoms with Gasteiger partial charge in [0.25, 0.3) is 0 Å². The second-order valence-electron chi connectivity index (χ2n) is 7.66. The Hall–Kier alpha value is -2.54. The van der Waals surface area contributed by atoms with E-state index in [9.17, 15) is 0 Å². The largest absolute Gasteiger partial charge is 0.388 e. The number of anilines is 1. The topological polar surface area (TPSA) is 12.0 Å². The Morgan fingerprint density at radius 3 is 2.11 bits per heavy atom. The Morgan fingerprint density at radius 1 is 0.750 bits per heavy atom. The van der Waals surface area contributed by atoms with Crippen LogP contribution in [0.25, 0.3) is 22.3 Å². The second-order valence-corrected chi connectivity index (χ2v) is 7.66. The molecule has 0 atom stereocenters. The minimum Gasteiger partial charge on any atom is -0.388 e. The molecule has 0 aliphatic heterocycles. The maximum Gasteiger partial charge on any atom is 0.0337 e. The predicted molar refractivity (Wildman–Crippen MR) is 124 cm³/mol. The highest BCUT2D eigenvalue weighted by Crippen LogP contribution is 2.31. The van der Waals surface area contributed by atoms with Gasteiger partial charge in [0, 0.05) is 12.7 Å². The van der Waals surface area contributed by atoms with E-state index in [0.29, 0.717) is 0 Å². The van der Waals surface area contributed by atoms with E-state index in [-0.39, 0.29) is 0 Å². The van der Waals surface area contributed by atoms with Crippen molar-refractivity contribution in [3.63, 3.8) is 0 Å². The van der Waals surface area contributed by atoms with Gasteiger partial charge in [-0.25, -0.2) is 0 Å². The van der Waals surface area contributed by atoms with Crippen LogP contribution in [0.4, 0.5) is 5.69 Å². The van der Waals surface area contributed by atoms with E-state index in [2.05, 4.69) is 86.8 Å². The summed E-state index contributed by atoms with van der Waals surface area (Å²) in [7, 11) is 1.95. The van der Waals surface area contributed by atoms with Crippen LogP contribution in [-0.4, -0.2) is 7.05 Å². The van der Waals surface area contributed by atoms with Crippen molar-refractivity contribution in [2.75, 3.05) is 12.4 Å². The molecule has 0 aliphatic rings. The number of unbranched alkanes of at least 4 members (excludes halogenated alkanes) is 2. The van der Waals surface area contributed by atoms with Gasteiger partial charge >= 0.3 is 0 Å². The second kappa shape index (κ2) is 9.59. The third-order valence-corrected chi connectivity index (χ3v) is 5.64. The lowest BCUT2D eigenvalue weighted by molar-refractivity contribution is 0.717. The lowest BCUT2D eigenvalue weighted by Crippen LogP contribution is -1.94. The summed E-state index contributed by atoms with van der Waals surface area (Å²) < 4.78 is 0. The Morgan fingerprint density at radius 2 is 1.46 bits per heavy atom. The van der Waals surface area contributed by atoms with Gasteiger partial charge in [0.1, 0.15) is 0 Å². The van der Waals surface area contributed by atoms with E-state index in [1.807, 2.05) is 7.05 Å². The summed E-state index contributed by atoms with van der Waals surface area (Å²) in [6.07, 6.45) is 6.16. The van der Waals surface area contributed by atoms with E-state index in [4.69, 9.17) is 0 Å². The molecule has 0 unspecified atom stereocenters. The smallest absolute Gasteiger partial charge is 0.0337 e. The fourth-order valence-corrected chi connectivity index (χ4v) is 3.93. The first-order chi connectivity index (χ1) is 13.7. The van der Waals surface area contributed by atoms with Crippen molar-refractivity contribution < 1.29 is 0 Å². The molecule has 3 rings (SSSR count). The van der Waals surface area contributed by atoms with Gasteiger partial charge in [0.05, 0.1) is 0 Å². The zero-order valence-electron chi connectivity index (χ0n) is 17.8. The lowest BCUT2D eigenvalue weighted by Gasteiger charge is -2.14. The highest BCUT2D eigenvalue weighted by atomic mass is 14.8. The molecule has 0 saturated heterocycles. The molecular weight excluding hydrogens is 338 g/mol. The zero-order valence-corrected chi connectivity index (χ0v) is 17.8. The first-order valence-electron chi connectivity index (χ1n) is 10.7. The number of hydrogen-bond donors (Lipinski definition) is 1. The number of rotatable bonds is 8. The molecule has 0 saturated carbocycles. The molecule has 0 aromatic heterocycles. The molecule has 0 fully saturated rings. The summed E-state index contributed by atoms with van der Waals surface area (Å²) in [6, 6.07) is 22.6. The summed E-state index contributed by atoms with van der Waals surface area (Å²) in [4.78, 5) is 0. The van der Waals surface area contributed by atoms with Crippen LogP contribution in [0.3, 0.4) is 0 Å². The quantitative estimate of drug-likeness (QED) is 0.401. The maximum atomic E-state index is 3.18.